The van der Waals surface area contributed by atoms with Crippen LogP contribution >= 0.6 is 0 Å². The standard InChI is InChI=1S/C23H46N2O3/c1-3-5-6-7-8-9-10-11-12-13-14-15-16-17-18-19-22(27)25-21(20-26)23(28)24-4-2/h21,26H,3-20H2,1-2H3,(H,24,28)(H,25,27)/t21-/m0/s1/i1D. The first kappa shape index (κ1) is 24.9. The number of likely N-dealkylation sites (N-methyl/N-ethyl adjacent to an activating group) is 1. The fourth-order valence-electron chi connectivity index (χ4n) is 3.34. The minimum Gasteiger partial charge on any atom is -0.394 e. The van der Waals surface area contributed by atoms with E-state index in [1.165, 1.54) is 70.6 Å². The minimum absolute atomic E-state index is 0.160. The van der Waals surface area contributed by atoms with E-state index in [1.807, 2.05) is 0 Å². The second kappa shape index (κ2) is 20.6. The van der Waals surface area contributed by atoms with Crippen molar-refractivity contribution in [2.24, 2.45) is 0 Å². The molecule has 0 aliphatic carbocycles. The molecule has 5 heteroatoms. The van der Waals surface area contributed by atoms with E-state index < -0.39 is 6.04 Å². The van der Waals surface area contributed by atoms with Crippen LogP contribution in [0.25, 0.3) is 0 Å². The number of unbranched alkanes of at least 4 members (excludes halogenated alkanes) is 14. The monoisotopic (exact) mass is 399 g/mol. The maximum atomic E-state index is 11.9. The van der Waals surface area contributed by atoms with Gasteiger partial charge in [0.15, 0.2) is 0 Å². The van der Waals surface area contributed by atoms with Crippen molar-refractivity contribution in [1.29, 1.82) is 0 Å². The highest BCUT2D eigenvalue weighted by Gasteiger charge is 2.18. The molecule has 0 saturated carbocycles. The first-order valence-electron chi connectivity index (χ1n) is 12.3. The Labute approximate surface area is 174 Å². The van der Waals surface area contributed by atoms with E-state index in [0.717, 1.165) is 25.7 Å². The predicted octanol–water partition coefficient (Wildman–Crippen LogP) is 4.86. The van der Waals surface area contributed by atoms with Gasteiger partial charge < -0.3 is 15.7 Å². The topological polar surface area (TPSA) is 78.4 Å². The second-order valence-corrected chi connectivity index (χ2v) is 7.75. The van der Waals surface area contributed by atoms with Crippen molar-refractivity contribution >= 4 is 11.8 Å². The number of hydrogen-bond acceptors (Lipinski definition) is 3. The lowest BCUT2D eigenvalue weighted by atomic mass is 10.0. The molecule has 0 heterocycles. The molecule has 28 heavy (non-hydrogen) atoms. The van der Waals surface area contributed by atoms with Gasteiger partial charge in [-0.3, -0.25) is 9.59 Å². The summed E-state index contributed by atoms with van der Waals surface area (Å²) >= 11 is 0. The van der Waals surface area contributed by atoms with Crippen LogP contribution in [0.2, 0.25) is 0 Å². The Balaban J connectivity index is 3.36. The van der Waals surface area contributed by atoms with Crippen LogP contribution in [0.1, 0.15) is 118 Å². The van der Waals surface area contributed by atoms with E-state index in [-0.39, 0.29) is 18.4 Å². The number of aliphatic hydroxyl groups excluding tert-OH is 1. The lowest BCUT2D eigenvalue weighted by Crippen LogP contribution is -2.48. The molecule has 0 aromatic heterocycles. The van der Waals surface area contributed by atoms with Gasteiger partial charge >= 0.3 is 0 Å². The highest BCUT2D eigenvalue weighted by atomic mass is 16.3. The Bertz CT molecular complexity index is 394. The quantitative estimate of drug-likeness (QED) is 0.256. The number of carbonyl (C=O) groups is 2. The summed E-state index contributed by atoms with van der Waals surface area (Å²) < 4.78 is 7.11. The molecule has 5 nitrogen and oxygen atoms in total. The van der Waals surface area contributed by atoms with Gasteiger partial charge in [0.05, 0.1) is 6.61 Å². The molecule has 166 valence electrons. The van der Waals surface area contributed by atoms with Gasteiger partial charge in [-0.25, -0.2) is 0 Å². The summed E-state index contributed by atoms with van der Waals surface area (Å²) in [6.45, 7) is 2.50. The van der Waals surface area contributed by atoms with Crippen molar-refractivity contribution in [2.45, 2.75) is 123 Å². The zero-order valence-electron chi connectivity index (χ0n) is 19.3. The summed E-state index contributed by atoms with van der Waals surface area (Å²) in [5.74, 6) is -0.490. The molecule has 0 fully saturated rings. The molecule has 3 N–H and O–H groups in total. The summed E-state index contributed by atoms with van der Waals surface area (Å²) in [5.41, 5.74) is 0. The van der Waals surface area contributed by atoms with E-state index in [4.69, 9.17) is 1.37 Å². The van der Waals surface area contributed by atoms with Crippen LogP contribution in [0, 0.1) is 0 Å². The largest absolute Gasteiger partial charge is 0.394 e. The van der Waals surface area contributed by atoms with Crippen LogP contribution in [0.5, 0.6) is 0 Å². The molecule has 0 aliphatic heterocycles. The van der Waals surface area contributed by atoms with Gasteiger partial charge in [-0.2, -0.15) is 0 Å². The maximum Gasteiger partial charge on any atom is 0.244 e. The van der Waals surface area contributed by atoms with Crippen LogP contribution in [-0.2, 0) is 9.59 Å². The summed E-state index contributed by atoms with van der Waals surface area (Å²) in [7, 11) is 0. The van der Waals surface area contributed by atoms with Crippen LogP contribution in [-0.4, -0.2) is 36.1 Å². The highest BCUT2D eigenvalue weighted by Crippen LogP contribution is 2.13. The molecule has 0 aromatic carbocycles. The van der Waals surface area contributed by atoms with Crippen molar-refractivity contribution in [3.05, 3.63) is 0 Å². The van der Waals surface area contributed by atoms with Crippen LogP contribution in [0.15, 0.2) is 0 Å². The zero-order chi connectivity index (χ0) is 21.6. The first-order chi connectivity index (χ1) is 14.2. The van der Waals surface area contributed by atoms with Crippen molar-refractivity contribution in [1.82, 2.24) is 10.6 Å². The van der Waals surface area contributed by atoms with Gasteiger partial charge in [0, 0.05) is 14.3 Å². The third kappa shape index (κ3) is 17.0. The van der Waals surface area contributed by atoms with Gasteiger partial charge in [-0.1, -0.05) is 96.8 Å². The normalized spacial score (nSPS) is 12.4. The highest BCUT2D eigenvalue weighted by molar-refractivity contribution is 5.87. The molecule has 0 saturated heterocycles. The van der Waals surface area contributed by atoms with Crippen LogP contribution in [0.3, 0.4) is 0 Å². The number of hydrogen-bond donors (Lipinski definition) is 3. The molecule has 0 aliphatic rings. The van der Waals surface area contributed by atoms with Crippen LogP contribution < -0.4 is 10.6 Å². The molecule has 0 bridgehead atoms. The van der Waals surface area contributed by atoms with E-state index >= 15 is 0 Å². The van der Waals surface area contributed by atoms with Gasteiger partial charge in [0.1, 0.15) is 6.04 Å². The Morgan fingerprint density at radius 1 is 0.821 bits per heavy atom. The fraction of sp³-hybridized carbons (Fsp3) is 0.913. The molecular weight excluding hydrogens is 352 g/mol. The molecule has 1 atom stereocenters. The molecule has 2 amide bonds. The van der Waals surface area contributed by atoms with Crippen molar-refractivity contribution in [3.8, 4) is 0 Å². The molecule has 0 unspecified atom stereocenters. The number of carbonyl (C=O) groups excluding carboxylic acids is 2. The van der Waals surface area contributed by atoms with Gasteiger partial charge in [0.2, 0.25) is 11.8 Å². The van der Waals surface area contributed by atoms with E-state index in [9.17, 15) is 14.7 Å². The van der Waals surface area contributed by atoms with E-state index in [0.29, 0.717) is 19.9 Å². The molecule has 0 spiro atoms. The Morgan fingerprint density at radius 2 is 1.29 bits per heavy atom. The van der Waals surface area contributed by atoms with Gasteiger partial charge in [0.25, 0.3) is 0 Å². The third-order valence-corrected chi connectivity index (χ3v) is 5.09. The molecule has 0 rings (SSSR count). The number of nitrogens with one attached hydrogen (secondary N) is 2. The molecule has 0 aromatic rings. The third-order valence-electron chi connectivity index (χ3n) is 5.09. The number of aliphatic hydroxyl groups is 1. The second-order valence-electron chi connectivity index (χ2n) is 7.75. The number of rotatable bonds is 20. The van der Waals surface area contributed by atoms with Crippen molar-refractivity contribution in [3.63, 3.8) is 0 Å². The Morgan fingerprint density at radius 3 is 1.71 bits per heavy atom. The van der Waals surface area contributed by atoms with Crippen LogP contribution in [0.4, 0.5) is 0 Å². The van der Waals surface area contributed by atoms with E-state index in [2.05, 4.69) is 10.6 Å². The first-order valence-corrected chi connectivity index (χ1v) is 11.6. The predicted molar refractivity (Wildman–Crippen MR) is 117 cm³/mol. The summed E-state index contributed by atoms with van der Waals surface area (Å²) in [5, 5.41) is 14.4. The van der Waals surface area contributed by atoms with Crippen molar-refractivity contribution in [2.75, 3.05) is 13.2 Å². The minimum atomic E-state index is -0.837. The fourth-order valence-corrected chi connectivity index (χ4v) is 3.34. The summed E-state index contributed by atoms with van der Waals surface area (Å²) in [6, 6.07) is -0.837. The lowest BCUT2D eigenvalue weighted by Gasteiger charge is -2.15. The summed E-state index contributed by atoms with van der Waals surface area (Å²) in [4.78, 5) is 23.5. The number of amides is 2. The molecular formula is C23H46N2O3. The van der Waals surface area contributed by atoms with Crippen molar-refractivity contribution < 1.29 is 16.1 Å². The van der Waals surface area contributed by atoms with Gasteiger partial charge in [-0.15, -0.1) is 0 Å². The Hall–Kier alpha value is -1.10. The van der Waals surface area contributed by atoms with E-state index in [1.54, 1.807) is 6.92 Å². The molecule has 0 radical (unpaired) electrons. The maximum absolute atomic E-state index is 11.9. The Kier molecular flexibility index (Phi) is 18.4. The SMILES string of the molecule is [2H]CCCCCCCCCCCCCCCCCC(=O)N[C@@H](CO)C(=O)NCC. The smallest absolute Gasteiger partial charge is 0.244 e. The van der Waals surface area contributed by atoms with Gasteiger partial charge in [-0.05, 0) is 13.3 Å². The average molecular weight is 400 g/mol. The lowest BCUT2D eigenvalue weighted by molar-refractivity contribution is -0.130. The summed E-state index contributed by atoms with van der Waals surface area (Å²) in [6.07, 6.45) is 19.0. The average Bonchev–Trinajstić information content (AvgIpc) is 2.71. The zero-order valence-corrected chi connectivity index (χ0v) is 18.3.